The lowest BCUT2D eigenvalue weighted by atomic mass is 9.90. The highest BCUT2D eigenvalue weighted by Crippen LogP contribution is 2.40. The minimum absolute atomic E-state index is 0.690. The topological polar surface area (TPSA) is 17.0 Å². The van der Waals surface area contributed by atoms with Crippen LogP contribution in [-0.4, -0.2) is 17.7 Å². The van der Waals surface area contributed by atoms with Crippen molar-refractivity contribution < 1.29 is 0 Å². The number of aromatic nitrogens is 1. The number of nitrogens with one attached hydrogen (secondary N) is 1. The molecular weight excluding hydrogens is 300 g/mol. The number of benzene rings is 2. The predicted octanol–water partition coefficient (Wildman–Crippen LogP) is 4.80. The van der Waals surface area contributed by atoms with Crippen molar-refractivity contribution in [1.29, 1.82) is 0 Å². The normalized spacial score (nSPS) is 16.0. The third kappa shape index (κ3) is 2.91. The van der Waals surface area contributed by atoms with E-state index in [4.69, 9.17) is 0 Å². The maximum Gasteiger partial charge on any atom is 0.0489 e. The fourth-order valence-electron chi connectivity index (χ4n) is 3.55. The third-order valence-electron chi connectivity index (χ3n) is 4.78. The summed E-state index contributed by atoms with van der Waals surface area (Å²) >= 11 is 1.92. The summed E-state index contributed by atoms with van der Waals surface area (Å²) in [6.07, 6.45) is 4.74. The number of hydrogen-bond acceptors (Lipinski definition) is 2. The van der Waals surface area contributed by atoms with Crippen LogP contribution in [0.4, 0.5) is 0 Å². The van der Waals surface area contributed by atoms with Gasteiger partial charge in [-0.05, 0) is 49.5 Å². The molecule has 3 aromatic rings. The smallest absolute Gasteiger partial charge is 0.0489 e. The van der Waals surface area contributed by atoms with Gasteiger partial charge >= 0.3 is 0 Å². The van der Waals surface area contributed by atoms with Crippen molar-refractivity contribution in [2.75, 3.05) is 13.1 Å². The van der Waals surface area contributed by atoms with Gasteiger partial charge in [0, 0.05) is 33.9 Å². The molecule has 118 valence electrons. The van der Waals surface area contributed by atoms with Crippen LogP contribution in [0.1, 0.15) is 24.3 Å². The summed E-state index contributed by atoms with van der Waals surface area (Å²) in [6.45, 7) is 2.27. The maximum absolute atomic E-state index is 3.47. The molecular formula is C20H22N2S. The monoisotopic (exact) mass is 322 g/mol. The first-order chi connectivity index (χ1) is 11.3. The fraction of sp³-hybridized carbons (Fsp3) is 0.300. The number of hydrogen-bond donors (Lipinski definition) is 1. The van der Waals surface area contributed by atoms with Gasteiger partial charge in [0.15, 0.2) is 0 Å². The van der Waals surface area contributed by atoms with Gasteiger partial charge < -0.3 is 9.88 Å². The van der Waals surface area contributed by atoms with E-state index < -0.39 is 0 Å². The summed E-state index contributed by atoms with van der Waals surface area (Å²) in [4.78, 5) is 2.76. The highest BCUT2D eigenvalue weighted by Gasteiger charge is 2.19. The van der Waals surface area contributed by atoms with Gasteiger partial charge in [0.25, 0.3) is 0 Å². The molecule has 0 aliphatic carbocycles. The van der Waals surface area contributed by atoms with E-state index in [1.807, 2.05) is 11.8 Å². The first-order valence-corrected chi connectivity index (χ1v) is 9.16. The Bertz CT molecular complexity index is 815. The van der Waals surface area contributed by atoms with Crippen molar-refractivity contribution in [3.8, 4) is 0 Å². The number of fused-ring (bicyclic) bond motifs is 1. The van der Waals surface area contributed by atoms with Crippen molar-refractivity contribution in [3.05, 3.63) is 60.3 Å². The average molecular weight is 322 g/mol. The SMILES string of the molecule is Cn1cc(Sc2ccccc2C2CCNCC2)c2ccccc21. The second kappa shape index (κ2) is 6.42. The standard InChI is InChI=1S/C20H22N2S/c1-22-14-20(17-7-2-4-8-18(17)22)23-19-9-5-3-6-16(19)15-10-12-21-13-11-15/h2-9,14-15,21H,10-13H2,1H3. The molecule has 2 heterocycles. The van der Waals surface area contributed by atoms with Crippen molar-refractivity contribution in [3.63, 3.8) is 0 Å². The third-order valence-corrected chi connectivity index (χ3v) is 5.92. The Balaban J connectivity index is 1.71. The largest absolute Gasteiger partial charge is 0.349 e. The van der Waals surface area contributed by atoms with Crippen molar-refractivity contribution >= 4 is 22.7 Å². The zero-order valence-electron chi connectivity index (χ0n) is 13.5. The molecule has 1 aromatic heterocycles. The van der Waals surface area contributed by atoms with Gasteiger partial charge in [-0.25, -0.2) is 0 Å². The van der Waals surface area contributed by atoms with Crippen LogP contribution in [0.15, 0.2) is 64.5 Å². The van der Waals surface area contributed by atoms with Crippen LogP contribution in [0, 0.1) is 0 Å². The van der Waals surface area contributed by atoms with E-state index in [1.54, 1.807) is 0 Å². The molecule has 1 N–H and O–H groups in total. The highest BCUT2D eigenvalue weighted by molar-refractivity contribution is 7.99. The molecule has 1 fully saturated rings. The minimum atomic E-state index is 0.690. The van der Waals surface area contributed by atoms with E-state index in [2.05, 4.69) is 71.7 Å². The Labute approximate surface area is 141 Å². The Kier molecular flexibility index (Phi) is 4.15. The Morgan fingerprint density at radius 2 is 1.70 bits per heavy atom. The van der Waals surface area contributed by atoms with Crippen LogP contribution in [0.2, 0.25) is 0 Å². The van der Waals surface area contributed by atoms with Gasteiger partial charge in [0.2, 0.25) is 0 Å². The quantitative estimate of drug-likeness (QED) is 0.746. The summed E-state index contributed by atoms with van der Waals surface area (Å²) in [5.74, 6) is 0.690. The lowest BCUT2D eigenvalue weighted by molar-refractivity contribution is 0.456. The van der Waals surface area contributed by atoms with Crippen LogP contribution in [0.25, 0.3) is 10.9 Å². The lowest BCUT2D eigenvalue weighted by Crippen LogP contribution is -2.26. The molecule has 2 nitrogen and oxygen atoms in total. The summed E-state index contributed by atoms with van der Waals surface area (Å²) < 4.78 is 2.23. The van der Waals surface area contributed by atoms with Gasteiger partial charge in [-0.3, -0.25) is 0 Å². The van der Waals surface area contributed by atoms with Crippen LogP contribution < -0.4 is 5.32 Å². The molecule has 3 heteroatoms. The van der Waals surface area contributed by atoms with E-state index in [0.29, 0.717) is 5.92 Å². The van der Waals surface area contributed by atoms with Crippen molar-refractivity contribution in [2.24, 2.45) is 7.05 Å². The number of aryl methyl sites for hydroxylation is 1. The molecule has 0 spiro atoms. The number of piperidine rings is 1. The van der Waals surface area contributed by atoms with E-state index in [-0.39, 0.29) is 0 Å². The molecule has 4 rings (SSSR count). The fourth-order valence-corrected chi connectivity index (χ4v) is 4.78. The summed E-state index contributed by atoms with van der Waals surface area (Å²) in [5, 5.41) is 4.82. The zero-order chi connectivity index (χ0) is 15.6. The first kappa shape index (κ1) is 14.9. The Morgan fingerprint density at radius 1 is 0.957 bits per heavy atom. The van der Waals surface area contributed by atoms with Gasteiger partial charge in [0.1, 0.15) is 0 Å². The van der Waals surface area contributed by atoms with E-state index >= 15 is 0 Å². The molecule has 1 saturated heterocycles. The lowest BCUT2D eigenvalue weighted by Gasteiger charge is -2.24. The number of rotatable bonds is 3. The molecule has 1 aliphatic rings. The zero-order valence-corrected chi connectivity index (χ0v) is 14.3. The summed E-state index contributed by atoms with van der Waals surface area (Å²) in [6, 6.07) is 17.6. The van der Waals surface area contributed by atoms with E-state index in [1.165, 1.54) is 39.1 Å². The van der Waals surface area contributed by atoms with Crippen LogP contribution in [0.3, 0.4) is 0 Å². The van der Waals surface area contributed by atoms with Crippen LogP contribution >= 0.6 is 11.8 Å². The summed E-state index contributed by atoms with van der Waals surface area (Å²) in [7, 11) is 2.13. The van der Waals surface area contributed by atoms with E-state index in [9.17, 15) is 0 Å². The molecule has 1 aliphatic heterocycles. The molecule has 0 saturated carbocycles. The van der Waals surface area contributed by atoms with Crippen molar-refractivity contribution in [1.82, 2.24) is 9.88 Å². The van der Waals surface area contributed by atoms with Crippen molar-refractivity contribution in [2.45, 2.75) is 28.6 Å². The number of para-hydroxylation sites is 1. The van der Waals surface area contributed by atoms with Gasteiger partial charge in [-0.2, -0.15) is 0 Å². The second-order valence-electron chi connectivity index (χ2n) is 6.29. The highest BCUT2D eigenvalue weighted by atomic mass is 32.2. The second-order valence-corrected chi connectivity index (χ2v) is 7.37. The molecule has 0 unspecified atom stereocenters. The molecule has 0 bridgehead atoms. The minimum Gasteiger partial charge on any atom is -0.349 e. The molecule has 0 atom stereocenters. The van der Waals surface area contributed by atoms with Gasteiger partial charge in [-0.1, -0.05) is 48.2 Å². The van der Waals surface area contributed by atoms with Gasteiger partial charge in [0.05, 0.1) is 0 Å². The van der Waals surface area contributed by atoms with Crippen LogP contribution in [-0.2, 0) is 7.05 Å². The van der Waals surface area contributed by atoms with E-state index in [0.717, 1.165) is 13.1 Å². The van der Waals surface area contributed by atoms with Gasteiger partial charge in [-0.15, -0.1) is 0 Å². The summed E-state index contributed by atoms with van der Waals surface area (Å²) in [5.41, 5.74) is 2.82. The molecule has 0 radical (unpaired) electrons. The molecule has 23 heavy (non-hydrogen) atoms. The average Bonchev–Trinajstić information content (AvgIpc) is 2.93. The number of nitrogens with zero attached hydrogens (tertiary/aromatic N) is 1. The Morgan fingerprint density at radius 3 is 2.57 bits per heavy atom. The maximum atomic E-state index is 3.47. The predicted molar refractivity (Wildman–Crippen MR) is 98.3 cm³/mol. The Hall–Kier alpha value is -1.71. The molecule has 0 amide bonds. The van der Waals surface area contributed by atoms with Crippen LogP contribution in [0.5, 0.6) is 0 Å². The molecule has 2 aromatic carbocycles. The first-order valence-electron chi connectivity index (χ1n) is 8.34.